The fourth-order valence-corrected chi connectivity index (χ4v) is 1.88. The third kappa shape index (κ3) is 2.89. The largest absolute Gasteiger partial charge is 0.508 e. The fraction of sp³-hybridized carbons (Fsp3) is 0.133. The predicted octanol–water partition coefficient (Wildman–Crippen LogP) is 2.33. The number of benzene rings is 2. The number of aromatic carboxylic acids is 1. The van der Waals surface area contributed by atoms with E-state index in [1.54, 1.807) is 30.3 Å². The van der Waals surface area contributed by atoms with Crippen LogP contribution in [0.25, 0.3) is 0 Å². The van der Waals surface area contributed by atoms with Gasteiger partial charge >= 0.3 is 5.97 Å². The van der Waals surface area contributed by atoms with E-state index in [2.05, 4.69) is 0 Å². The number of aliphatic hydroxyl groups is 1. The van der Waals surface area contributed by atoms with E-state index < -0.39 is 11.8 Å². The Hall–Kier alpha value is -2.53. The fourth-order valence-electron chi connectivity index (χ4n) is 1.88. The van der Waals surface area contributed by atoms with Crippen LogP contribution >= 0.6 is 0 Å². The minimum atomic E-state index is -1.88. The van der Waals surface area contributed by atoms with Gasteiger partial charge in [0.2, 0.25) is 5.79 Å². The molecule has 3 N–H and O–H groups in total. The van der Waals surface area contributed by atoms with Gasteiger partial charge in [0, 0.05) is 12.5 Å². The first kappa shape index (κ1) is 13.9. The monoisotopic (exact) mass is 274 g/mol. The molecule has 0 bridgehead atoms. The van der Waals surface area contributed by atoms with Crippen LogP contribution in [0.2, 0.25) is 0 Å². The van der Waals surface area contributed by atoms with Gasteiger partial charge in [0.05, 0.1) is 5.56 Å². The number of phenols is 1. The van der Waals surface area contributed by atoms with Gasteiger partial charge in [0.15, 0.2) is 0 Å². The molecule has 0 aliphatic heterocycles. The van der Waals surface area contributed by atoms with Crippen molar-refractivity contribution in [2.45, 2.75) is 12.7 Å². The van der Waals surface area contributed by atoms with Crippen LogP contribution in [0, 0.1) is 0 Å². The molecular formula is C15H14O5. The Bertz CT molecular complexity index is 619. The van der Waals surface area contributed by atoms with Crippen LogP contribution < -0.4 is 4.74 Å². The highest BCUT2D eigenvalue weighted by molar-refractivity contribution is 5.90. The van der Waals surface area contributed by atoms with Gasteiger partial charge in [-0.1, -0.05) is 18.2 Å². The highest BCUT2D eigenvalue weighted by Gasteiger charge is 2.31. The van der Waals surface area contributed by atoms with Gasteiger partial charge in [-0.15, -0.1) is 0 Å². The summed E-state index contributed by atoms with van der Waals surface area (Å²) in [5.41, 5.74) is -0.155. The number of carboxylic acid groups (broad SMARTS) is 1. The topological polar surface area (TPSA) is 87.0 Å². The molecule has 2 aromatic rings. The van der Waals surface area contributed by atoms with Crippen LogP contribution in [0.5, 0.6) is 11.5 Å². The van der Waals surface area contributed by atoms with Crippen LogP contribution in [0.15, 0.2) is 48.5 Å². The third-order valence-corrected chi connectivity index (χ3v) is 2.79. The molecule has 0 radical (unpaired) electrons. The van der Waals surface area contributed by atoms with E-state index in [1.165, 1.54) is 25.1 Å². The molecule has 0 amide bonds. The lowest BCUT2D eigenvalue weighted by atomic mass is 10.00. The van der Waals surface area contributed by atoms with Crippen molar-refractivity contribution in [2.75, 3.05) is 0 Å². The van der Waals surface area contributed by atoms with E-state index in [1.807, 2.05) is 0 Å². The van der Waals surface area contributed by atoms with Crippen LogP contribution in [-0.4, -0.2) is 21.3 Å². The molecule has 1 atom stereocenters. The minimum Gasteiger partial charge on any atom is -0.508 e. The number of phenolic OH excluding ortho intramolecular Hbond substituents is 1. The van der Waals surface area contributed by atoms with E-state index in [0.717, 1.165) is 0 Å². The van der Waals surface area contributed by atoms with Crippen molar-refractivity contribution < 1.29 is 24.9 Å². The summed E-state index contributed by atoms with van der Waals surface area (Å²) in [4.78, 5) is 11.2. The maximum absolute atomic E-state index is 11.2. The van der Waals surface area contributed by atoms with Crippen LogP contribution in [0.3, 0.4) is 0 Å². The van der Waals surface area contributed by atoms with Crippen molar-refractivity contribution in [1.82, 2.24) is 0 Å². The van der Waals surface area contributed by atoms with Crippen LogP contribution in [0.1, 0.15) is 22.8 Å². The number of hydrogen-bond acceptors (Lipinski definition) is 4. The first-order valence-electron chi connectivity index (χ1n) is 5.93. The molecule has 0 aliphatic rings. The molecule has 5 heteroatoms. The lowest BCUT2D eigenvalue weighted by Crippen LogP contribution is -2.31. The lowest BCUT2D eigenvalue weighted by Gasteiger charge is -2.26. The molecule has 5 nitrogen and oxygen atoms in total. The summed E-state index contributed by atoms with van der Waals surface area (Å²) in [7, 11) is 0. The molecule has 2 aromatic carbocycles. The number of aromatic hydroxyl groups is 1. The van der Waals surface area contributed by atoms with Gasteiger partial charge in [-0.3, -0.25) is 0 Å². The van der Waals surface area contributed by atoms with Crippen LogP contribution in [-0.2, 0) is 5.79 Å². The Balaban J connectivity index is 2.43. The summed E-state index contributed by atoms with van der Waals surface area (Å²) in [5.74, 6) is -2.86. The van der Waals surface area contributed by atoms with Gasteiger partial charge in [-0.2, -0.15) is 0 Å². The second-order valence-corrected chi connectivity index (χ2v) is 4.43. The Kier molecular flexibility index (Phi) is 3.63. The molecule has 2 rings (SSSR count). The second-order valence-electron chi connectivity index (χ2n) is 4.43. The average Bonchev–Trinajstić information content (AvgIpc) is 2.39. The van der Waals surface area contributed by atoms with Gasteiger partial charge in [0.1, 0.15) is 11.5 Å². The standard InChI is InChI=1S/C15H14O5/c1-15(19,20-11-5-3-2-4-6-11)13-9-10(16)7-8-12(13)14(17)18/h2-9,16,19H,1H3,(H,17,18). The number of ether oxygens (including phenoxy) is 1. The van der Waals surface area contributed by atoms with E-state index in [4.69, 9.17) is 9.84 Å². The molecule has 0 aliphatic carbocycles. The average molecular weight is 274 g/mol. The maximum atomic E-state index is 11.2. The number of hydrogen-bond donors (Lipinski definition) is 3. The Labute approximate surface area is 115 Å². The minimum absolute atomic E-state index is 0.0196. The molecule has 0 aromatic heterocycles. The summed E-state index contributed by atoms with van der Waals surface area (Å²) >= 11 is 0. The van der Waals surface area contributed by atoms with Gasteiger partial charge in [-0.05, 0) is 30.3 Å². The first-order valence-corrected chi connectivity index (χ1v) is 5.93. The summed E-state index contributed by atoms with van der Waals surface area (Å²) in [6, 6.07) is 12.2. The van der Waals surface area contributed by atoms with Crippen molar-refractivity contribution >= 4 is 5.97 Å². The van der Waals surface area contributed by atoms with Gasteiger partial charge < -0.3 is 20.1 Å². The molecule has 0 saturated heterocycles. The van der Waals surface area contributed by atoms with Crippen molar-refractivity contribution in [3.05, 3.63) is 59.7 Å². The van der Waals surface area contributed by atoms with Crippen molar-refractivity contribution in [1.29, 1.82) is 0 Å². The van der Waals surface area contributed by atoms with Crippen molar-refractivity contribution in [3.63, 3.8) is 0 Å². The van der Waals surface area contributed by atoms with E-state index in [0.29, 0.717) is 5.75 Å². The normalized spacial score (nSPS) is 13.5. The Morgan fingerprint density at radius 3 is 2.40 bits per heavy atom. The SMILES string of the molecule is CC(O)(Oc1ccccc1)c1cc(O)ccc1C(=O)O. The Morgan fingerprint density at radius 1 is 1.15 bits per heavy atom. The predicted molar refractivity (Wildman–Crippen MR) is 71.7 cm³/mol. The second kappa shape index (κ2) is 5.22. The molecule has 0 spiro atoms. The zero-order chi connectivity index (χ0) is 14.8. The number of rotatable bonds is 4. The van der Waals surface area contributed by atoms with E-state index in [9.17, 15) is 15.0 Å². The molecule has 1 unspecified atom stereocenters. The zero-order valence-electron chi connectivity index (χ0n) is 10.8. The number of para-hydroxylation sites is 1. The molecule has 0 saturated carbocycles. The van der Waals surface area contributed by atoms with Crippen molar-refractivity contribution in [3.8, 4) is 11.5 Å². The van der Waals surface area contributed by atoms with Gasteiger partial charge in [0.25, 0.3) is 0 Å². The number of carbonyl (C=O) groups is 1. The third-order valence-electron chi connectivity index (χ3n) is 2.79. The Morgan fingerprint density at radius 2 is 1.80 bits per heavy atom. The van der Waals surface area contributed by atoms with E-state index in [-0.39, 0.29) is 16.9 Å². The lowest BCUT2D eigenvalue weighted by molar-refractivity contribution is -0.129. The molecule has 20 heavy (non-hydrogen) atoms. The smallest absolute Gasteiger partial charge is 0.336 e. The molecular weight excluding hydrogens is 260 g/mol. The molecule has 0 fully saturated rings. The van der Waals surface area contributed by atoms with Crippen molar-refractivity contribution in [2.24, 2.45) is 0 Å². The summed E-state index contributed by atoms with van der Waals surface area (Å²) in [6.45, 7) is 1.32. The molecule has 104 valence electrons. The van der Waals surface area contributed by atoms with E-state index >= 15 is 0 Å². The first-order chi connectivity index (χ1) is 9.40. The summed E-state index contributed by atoms with van der Waals surface area (Å²) in [5, 5.41) is 29.0. The molecule has 0 heterocycles. The summed E-state index contributed by atoms with van der Waals surface area (Å²) < 4.78 is 5.41. The highest BCUT2D eigenvalue weighted by atomic mass is 16.6. The van der Waals surface area contributed by atoms with Gasteiger partial charge in [-0.25, -0.2) is 4.79 Å². The summed E-state index contributed by atoms with van der Waals surface area (Å²) in [6.07, 6.45) is 0. The number of carboxylic acids is 1. The van der Waals surface area contributed by atoms with Crippen LogP contribution in [0.4, 0.5) is 0 Å². The quantitative estimate of drug-likeness (QED) is 0.745. The maximum Gasteiger partial charge on any atom is 0.336 e. The zero-order valence-corrected chi connectivity index (χ0v) is 10.8. The highest BCUT2D eigenvalue weighted by Crippen LogP contribution is 2.30.